The lowest BCUT2D eigenvalue weighted by Crippen LogP contribution is -2.17. The van der Waals surface area contributed by atoms with E-state index in [1.807, 2.05) is 18.4 Å². The maximum absolute atomic E-state index is 5.98. The number of rotatable bonds is 5. The molecule has 118 valence electrons. The van der Waals surface area contributed by atoms with Gasteiger partial charge < -0.3 is 16.0 Å². The number of thiazole rings is 1. The fourth-order valence-corrected chi connectivity index (χ4v) is 2.85. The van der Waals surface area contributed by atoms with Crippen molar-refractivity contribution in [2.45, 2.75) is 25.9 Å². The van der Waals surface area contributed by atoms with Crippen molar-refractivity contribution in [2.75, 3.05) is 5.32 Å². The molecule has 3 aromatic heterocycles. The van der Waals surface area contributed by atoms with Crippen molar-refractivity contribution < 1.29 is 0 Å². The highest BCUT2D eigenvalue weighted by Gasteiger charge is 2.11. The molecule has 0 spiro atoms. The maximum atomic E-state index is 5.98. The number of hydrogen-bond acceptors (Lipinski definition) is 6. The summed E-state index contributed by atoms with van der Waals surface area (Å²) < 4.78 is 0. The minimum absolute atomic E-state index is 0. The van der Waals surface area contributed by atoms with E-state index in [0.717, 1.165) is 22.5 Å². The highest BCUT2D eigenvalue weighted by Crippen LogP contribution is 2.24. The molecule has 3 rings (SSSR count). The number of nitrogens with zero attached hydrogens (tertiary/aromatic N) is 3. The zero-order valence-electron chi connectivity index (χ0n) is 11.8. The highest BCUT2D eigenvalue weighted by atomic mass is 35.5. The smallest absolute Gasteiger partial charge is 0.226 e. The largest absolute Gasteiger partial charge is 0.363 e. The zero-order chi connectivity index (χ0) is 14.8. The van der Waals surface area contributed by atoms with Gasteiger partial charge in [0.1, 0.15) is 16.5 Å². The minimum atomic E-state index is 0. The van der Waals surface area contributed by atoms with Crippen molar-refractivity contribution in [1.29, 1.82) is 0 Å². The molecule has 3 heterocycles. The molecule has 0 aromatic carbocycles. The second-order valence-electron chi connectivity index (χ2n) is 4.86. The average molecular weight is 359 g/mol. The van der Waals surface area contributed by atoms with Crippen molar-refractivity contribution >= 4 is 52.2 Å². The van der Waals surface area contributed by atoms with Gasteiger partial charge in [-0.05, 0) is 24.6 Å². The molecule has 3 aromatic rings. The van der Waals surface area contributed by atoms with Crippen LogP contribution < -0.4 is 11.1 Å². The van der Waals surface area contributed by atoms with Gasteiger partial charge >= 0.3 is 0 Å². The molecule has 4 N–H and O–H groups in total. The van der Waals surface area contributed by atoms with Gasteiger partial charge in [0.25, 0.3) is 0 Å². The first-order chi connectivity index (χ1) is 10.1. The van der Waals surface area contributed by atoms with E-state index >= 15 is 0 Å². The highest BCUT2D eigenvalue weighted by molar-refractivity contribution is 7.09. The van der Waals surface area contributed by atoms with E-state index in [-0.39, 0.29) is 23.7 Å². The molecule has 9 heteroatoms. The van der Waals surface area contributed by atoms with Crippen LogP contribution in [0.3, 0.4) is 0 Å². The summed E-state index contributed by atoms with van der Waals surface area (Å²) in [6, 6.07) is 2.09. The molecule has 0 amide bonds. The first-order valence-corrected chi connectivity index (χ1v) is 7.80. The monoisotopic (exact) mass is 358 g/mol. The van der Waals surface area contributed by atoms with Crippen molar-refractivity contribution in [3.63, 3.8) is 0 Å². The lowest BCUT2D eigenvalue weighted by molar-refractivity contribution is 0.726. The summed E-state index contributed by atoms with van der Waals surface area (Å²) >= 11 is 7.57. The normalized spacial score (nSPS) is 12.1. The number of fused-ring (bicyclic) bond motifs is 1. The molecule has 1 atom stereocenters. The molecule has 1 unspecified atom stereocenters. The van der Waals surface area contributed by atoms with Gasteiger partial charge in [-0.1, -0.05) is 0 Å². The third-order valence-corrected chi connectivity index (χ3v) is 3.90. The minimum Gasteiger partial charge on any atom is -0.363 e. The maximum Gasteiger partial charge on any atom is 0.226 e. The first kappa shape index (κ1) is 17.0. The van der Waals surface area contributed by atoms with E-state index in [0.29, 0.717) is 18.0 Å². The van der Waals surface area contributed by atoms with E-state index in [1.54, 1.807) is 17.5 Å². The number of nitrogens with two attached hydrogens (primary N) is 1. The van der Waals surface area contributed by atoms with Crippen LogP contribution in [0.15, 0.2) is 17.6 Å². The van der Waals surface area contributed by atoms with Crippen LogP contribution in [0.4, 0.5) is 5.82 Å². The summed E-state index contributed by atoms with van der Waals surface area (Å²) in [5, 5.41) is 7.31. The third kappa shape index (κ3) is 3.86. The van der Waals surface area contributed by atoms with Gasteiger partial charge in [-0.15, -0.1) is 23.7 Å². The van der Waals surface area contributed by atoms with Gasteiger partial charge in [-0.2, -0.15) is 4.98 Å². The predicted octanol–water partition coefficient (Wildman–Crippen LogP) is 2.99. The van der Waals surface area contributed by atoms with Gasteiger partial charge in [0.15, 0.2) is 0 Å². The van der Waals surface area contributed by atoms with Crippen LogP contribution in [0.2, 0.25) is 5.28 Å². The Morgan fingerprint density at radius 1 is 1.45 bits per heavy atom. The Morgan fingerprint density at radius 3 is 2.95 bits per heavy atom. The average Bonchev–Trinajstić information content (AvgIpc) is 3.03. The van der Waals surface area contributed by atoms with Gasteiger partial charge in [0.05, 0.1) is 11.9 Å². The molecule has 0 aliphatic heterocycles. The number of anilines is 1. The molecular weight excluding hydrogens is 343 g/mol. The van der Waals surface area contributed by atoms with E-state index < -0.39 is 0 Å². The zero-order valence-corrected chi connectivity index (χ0v) is 14.2. The Balaban J connectivity index is 0.00000176. The molecule has 0 saturated heterocycles. The summed E-state index contributed by atoms with van der Waals surface area (Å²) in [5.74, 6) is 0.701. The molecular formula is C13H16Cl2N6S. The predicted molar refractivity (Wildman–Crippen MR) is 92.9 cm³/mol. The summed E-state index contributed by atoms with van der Waals surface area (Å²) in [7, 11) is 0. The van der Waals surface area contributed by atoms with Gasteiger partial charge in [0, 0.05) is 29.7 Å². The Bertz CT molecular complexity index is 740. The summed E-state index contributed by atoms with van der Waals surface area (Å²) in [4.78, 5) is 15.9. The van der Waals surface area contributed by atoms with Crippen molar-refractivity contribution in [2.24, 2.45) is 5.73 Å². The summed E-state index contributed by atoms with van der Waals surface area (Å²) in [6.07, 6.45) is 2.53. The number of aromatic nitrogens is 4. The number of hydrogen-bond donors (Lipinski definition) is 3. The van der Waals surface area contributed by atoms with Crippen LogP contribution in [0.1, 0.15) is 17.6 Å². The molecule has 6 nitrogen and oxygen atoms in total. The third-order valence-electron chi connectivity index (χ3n) is 2.95. The summed E-state index contributed by atoms with van der Waals surface area (Å²) in [5.41, 5.74) is 7.57. The Hall–Kier alpha value is -1.41. The van der Waals surface area contributed by atoms with Crippen molar-refractivity contribution in [1.82, 2.24) is 19.9 Å². The topological polar surface area (TPSA) is 92.5 Å². The molecule has 22 heavy (non-hydrogen) atoms. The number of nitrogens with one attached hydrogen (secondary N) is 2. The number of aromatic amines is 1. The van der Waals surface area contributed by atoms with Crippen LogP contribution in [0, 0.1) is 0 Å². The second-order valence-corrected chi connectivity index (χ2v) is 6.18. The molecule has 0 aliphatic carbocycles. The number of H-pyrrole nitrogens is 1. The van der Waals surface area contributed by atoms with Gasteiger partial charge in [-0.3, -0.25) is 0 Å². The second kappa shape index (κ2) is 7.23. The van der Waals surface area contributed by atoms with Crippen molar-refractivity contribution in [3.8, 4) is 0 Å². The van der Waals surface area contributed by atoms with E-state index in [2.05, 4.69) is 25.3 Å². The van der Waals surface area contributed by atoms with Crippen LogP contribution in [-0.2, 0) is 13.0 Å². The summed E-state index contributed by atoms with van der Waals surface area (Å²) in [6.45, 7) is 2.57. The Kier molecular flexibility index (Phi) is 5.57. The van der Waals surface area contributed by atoms with Crippen LogP contribution in [0.5, 0.6) is 0 Å². The van der Waals surface area contributed by atoms with Gasteiger partial charge in [-0.25, -0.2) is 9.97 Å². The fraction of sp³-hybridized carbons (Fsp3) is 0.308. The number of halogens is 2. The molecule has 0 bridgehead atoms. The van der Waals surface area contributed by atoms with Crippen LogP contribution >= 0.6 is 35.3 Å². The fourth-order valence-electron chi connectivity index (χ4n) is 2.13. The lowest BCUT2D eigenvalue weighted by Gasteiger charge is -2.04. The van der Waals surface area contributed by atoms with E-state index in [9.17, 15) is 0 Å². The quantitative estimate of drug-likeness (QED) is 0.609. The SMILES string of the molecule is CC(N)Cc1cc2c(NCc3nccs3)nc(Cl)nc2[nH]1.Cl. The Morgan fingerprint density at radius 2 is 2.27 bits per heavy atom. The van der Waals surface area contributed by atoms with E-state index in [4.69, 9.17) is 17.3 Å². The molecule has 0 fully saturated rings. The lowest BCUT2D eigenvalue weighted by atomic mass is 10.2. The molecule has 0 radical (unpaired) electrons. The van der Waals surface area contributed by atoms with Crippen molar-refractivity contribution in [3.05, 3.63) is 33.6 Å². The van der Waals surface area contributed by atoms with E-state index in [1.165, 1.54) is 0 Å². The first-order valence-electron chi connectivity index (χ1n) is 6.55. The standard InChI is InChI=1S/C13H15ClN6S.ClH/c1-7(15)4-8-5-9-11(17-6-10-16-2-3-21-10)19-13(14)20-12(9)18-8;/h2-3,5,7H,4,6,15H2,1H3,(H2,17,18,19,20);1H. The van der Waals surface area contributed by atoms with Gasteiger partial charge in [0.2, 0.25) is 5.28 Å². The molecule has 0 saturated carbocycles. The van der Waals surface area contributed by atoms with Crippen LogP contribution in [-0.4, -0.2) is 26.0 Å². The molecule has 0 aliphatic rings. The van der Waals surface area contributed by atoms with Crippen LogP contribution in [0.25, 0.3) is 11.0 Å². The Labute approximate surface area is 142 Å².